The number of nitrogens with two attached hydrogens (primary N) is 1. The van der Waals surface area contributed by atoms with E-state index in [0.29, 0.717) is 25.7 Å². The number of hydrogen-bond acceptors (Lipinski definition) is 3. The van der Waals surface area contributed by atoms with Gasteiger partial charge in [-0.25, -0.2) is 4.79 Å². The van der Waals surface area contributed by atoms with Crippen molar-refractivity contribution in [3.05, 3.63) is 0 Å². The van der Waals surface area contributed by atoms with Crippen molar-refractivity contribution in [2.24, 2.45) is 5.73 Å². The number of ether oxygens (including phenoxy) is 1. The molecule has 0 aromatic rings. The summed E-state index contributed by atoms with van der Waals surface area (Å²) in [7, 11) is 0. The van der Waals surface area contributed by atoms with Gasteiger partial charge in [-0.15, -0.1) is 0 Å². The molecule has 92 valence electrons. The molecular formula is C11H21N3O2. The second-order valence-corrected chi connectivity index (χ2v) is 4.79. The third-order valence-electron chi connectivity index (χ3n) is 3.40. The number of morpholine rings is 1. The molecule has 2 fully saturated rings. The van der Waals surface area contributed by atoms with Gasteiger partial charge >= 0.3 is 6.03 Å². The average Bonchev–Trinajstić information content (AvgIpc) is 2.23. The van der Waals surface area contributed by atoms with Gasteiger partial charge in [0.05, 0.1) is 19.3 Å². The molecule has 1 saturated carbocycles. The molecule has 2 unspecified atom stereocenters. The molecule has 5 nitrogen and oxygen atoms in total. The van der Waals surface area contributed by atoms with Crippen LogP contribution in [0.5, 0.6) is 0 Å². The molecule has 2 atom stereocenters. The van der Waals surface area contributed by atoms with Crippen LogP contribution in [-0.4, -0.2) is 48.8 Å². The summed E-state index contributed by atoms with van der Waals surface area (Å²) in [6.07, 6.45) is 3.44. The van der Waals surface area contributed by atoms with Crippen molar-refractivity contribution >= 4 is 6.03 Å². The highest BCUT2D eigenvalue weighted by Crippen LogP contribution is 2.18. The first-order chi connectivity index (χ1) is 7.66. The molecule has 0 spiro atoms. The van der Waals surface area contributed by atoms with Crippen LogP contribution in [0.3, 0.4) is 0 Å². The maximum atomic E-state index is 11.9. The van der Waals surface area contributed by atoms with E-state index in [4.69, 9.17) is 10.5 Å². The monoisotopic (exact) mass is 227 g/mol. The molecule has 5 heteroatoms. The van der Waals surface area contributed by atoms with E-state index < -0.39 is 0 Å². The Morgan fingerprint density at radius 2 is 2.31 bits per heavy atom. The van der Waals surface area contributed by atoms with Crippen LogP contribution >= 0.6 is 0 Å². The van der Waals surface area contributed by atoms with Crippen LogP contribution in [0.15, 0.2) is 0 Å². The summed E-state index contributed by atoms with van der Waals surface area (Å²) in [4.78, 5) is 13.7. The minimum Gasteiger partial charge on any atom is -0.373 e. The quantitative estimate of drug-likeness (QED) is 0.713. The predicted octanol–water partition coefficient (Wildman–Crippen LogP) is 0.297. The SMILES string of the molecule is CC(N)C1CN(C(=O)NC2CCC2)CCO1. The normalized spacial score (nSPS) is 28.4. The maximum absolute atomic E-state index is 11.9. The molecule has 1 aliphatic carbocycles. The summed E-state index contributed by atoms with van der Waals surface area (Å²) in [5, 5.41) is 3.04. The number of nitrogens with zero attached hydrogens (tertiary/aromatic N) is 1. The Balaban J connectivity index is 1.80. The maximum Gasteiger partial charge on any atom is 0.317 e. The average molecular weight is 227 g/mol. The molecule has 1 saturated heterocycles. The zero-order chi connectivity index (χ0) is 11.5. The molecule has 0 bridgehead atoms. The van der Waals surface area contributed by atoms with Gasteiger partial charge in [-0.05, 0) is 26.2 Å². The standard InChI is InChI=1S/C11H21N3O2/c1-8(12)10-7-14(5-6-16-10)11(15)13-9-3-2-4-9/h8-10H,2-7,12H2,1H3,(H,13,15). The van der Waals surface area contributed by atoms with E-state index in [1.54, 1.807) is 0 Å². The van der Waals surface area contributed by atoms with Crippen LogP contribution in [0, 0.1) is 0 Å². The molecule has 16 heavy (non-hydrogen) atoms. The number of nitrogens with one attached hydrogen (secondary N) is 1. The highest BCUT2D eigenvalue weighted by molar-refractivity contribution is 5.74. The van der Waals surface area contributed by atoms with Gasteiger partial charge < -0.3 is 20.7 Å². The number of urea groups is 1. The first kappa shape index (κ1) is 11.7. The van der Waals surface area contributed by atoms with Gasteiger partial charge in [0.2, 0.25) is 0 Å². The van der Waals surface area contributed by atoms with Crippen LogP contribution in [0.25, 0.3) is 0 Å². The summed E-state index contributed by atoms with van der Waals surface area (Å²) in [6, 6.07) is 0.405. The van der Waals surface area contributed by atoms with Gasteiger partial charge in [-0.2, -0.15) is 0 Å². The highest BCUT2D eigenvalue weighted by atomic mass is 16.5. The Kier molecular flexibility index (Phi) is 3.66. The zero-order valence-corrected chi connectivity index (χ0v) is 9.82. The molecule has 3 N–H and O–H groups in total. The lowest BCUT2D eigenvalue weighted by molar-refractivity contribution is -0.0243. The van der Waals surface area contributed by atoms with Crippen LogP contribution in [-0.2, 0) is 4.74 Å². The number of carbonyl (C=O) groups excluding carboxylic acids is 1. The van der Waals surface area contributed by atoms with Crippen molar-refractivity contribution < 1.29 is 9.53 Å². The summed E-state index contributed by atoms with van der Waals surface area (Å²) in [5.74, 6) is 0. The van der Waals surface area contributed by atoms with E-state index in [9.17, 15) is 4.79 Å². The molecule has 2 amide bonds. The van der Waals surface area contributed by atoms with E-state index in [1.165, 1.54) is 6.42 Å². The number of carbonyl (C=O) groups is 1. The number of amides is 2. The Hall–Kier alpha value is -0.810. The molecular weight excluding hydrogens is 206 g/mol. The first-order valence-corrected chi connectivity index (χ1v) is 6.09. The van der Waals surface area contributed by atoms with Gasteiger partial charge in [-0.3, -0.25) is 0 Å². The molecule has 0 aromatic carbocycles. The number of hydrogen-bond donors (Lipinski definition) is 2. The Labute approximate surface area is 96.3 Å². The minimum atomic E-state index is -0.0284. The topological polar surface area (TPSA) is 67.6 Å². The van der Waals surface area contributed by atoms with E-state index >= 15 is 0 Å². The summed E-state index contributed by atoms with van der Waals surface area (Å²) >= 11 is 0. The van der Waals surface area contributed by atoms with E-state index in [-0.39, 0.29) is 18.2 Å². The second kappa shape index (κ2) is 5.01. The third-order valence-corrected chi connectivity index (χ3v) is 3.40. The van der Waals surface area contributed by atoms with Gasteiger partial charge in [0.25, 0.3) is 0 Å². The van der Waals surface area contributed by atoms with E-state index in [0.717, 1.165) is 12.8 Å². The molecule has 1 heterocycles. The summed E-state index contributed by atoms with van der Waals surface area (Å²) in [6.45, 7) is 3.78. The van der Waals surface area contributed by atoms with Crippen molar-refractivity contribution in [2.45, 2.75) is 44.4 Å². The van der Waals surface area contributed by atoms with Crippen molar-refractivity contribution in [3.8, 4) is 0 Å². The van der Waals surface area contributed by atoms with Crippen molar-refractivity contribution in [1.29, 1.82) is 0 Å². The van der Waals surface area contributed by atoms with E-state index in [1.807, 2.05) is 11.8 Å². The zero-order valence-electron chi connectivity index (χ0n) is 9.82. The van der Waals surface area contributed by atoms with Crippen LogP contribution in [0.4, 0.5) is 4.79 Å². The van der Waals surface area contributed by atoms with E-state index in [2.05, 4.69) is 5.32 Å². The smallest absolute Gasteiger partial charge is 0.317 e. The van der Waals surface area contributed by atoms with Crippen LogP contribution < -0.4 is 11.1 Å². The summed E-state index contributed by atoms with van der Waals surface area (Å²) in [5.41, 5.74) is 5.78. The fourth-order valence-electron chi connectivity index (χ4n) is 2.00. The second-order valence-electron chi connectivity index (χ2n) is 4.79. The van der Waals surface area contributed by atoms with Gasteiger partial charge in [0.1, 0.15) is 0 Å². The highest BCUT2D eigenvalue weighted by Gasteiger charge is 2.28. The Morgan fingerprint density at radius 1 is 1.56 bits per heavy atom. The van der Waals surface area contributed by atoms with Crippen LogP contribution in [0.1, 0.15) is 26.2 Å². The number of rotatable bonds is 2. The lowest BCUT2D eigenvalue weighted by Crippen LogP contribution is -2.55. The van der Waals surface area contributed by atoms with Crippen molar-refractivity contribution in [3.63, 3.8) is 0 Å². The molecule has 0 radical (unpaired) electrons. The lowest BCUT2D eigenvalue weighted by Gasteiger charge is -2.36. The van der Waals surface area contributed by atoms with Gasteiger partial charge in [-0.1, -0.05) is 0 Å². The fourth-order valence-corrected chi connectivity index (χ4v) is 2.00. The fraction of sp³-hybridized carbons (Fsp3) is 0.909. The Morgan fingerprint density at radius 3 is 2.88 bits per heavy atom. The lowest BCUT2D eigenvalue weighted by atomic mass is 9.93. The largest absolute Gasteiger partial charge is 0.373 e. The third kappa shape index (κ3) is 2.65. The van der Waals surface area contributed by atoms with Crippen LogP contribution in [0.2, 0.25) is 0 Å². The summed E-state index contributed by atoms with van der Waals surface area (Å²) < 4.78 is 5.52. The Bertz CT molecular complexity index is 254. The van der Waals surface area contributed by atoms with Crippen molar-refractivity contribution in [1.82, 2.24) is 10.2 Å². The van der Waals surface area contributed by atoms with Gasteiger partial charge in [0, 0.05) is 18.6 Å². The first-order valence-electron chi connectivity index (χ1n) is 6.09. The predicted molar refractivity (Wildman–Crippen MR) is 61.1 cm³/mol. The molecule has 1 aliphatic heterocycles. The minimum absolute atomic E-state index is 0.0270. The van der Waals surface area contributed by atoms with Gasteiger partial charge in [0.15, 0.2) is 0 Å². The molecule has 2 aliphatic rings. The molecule has 0 aromatic heterocycles. The molecule has 2 rings (SSSR count). The van der Waals surface area contributed by atoms with Crippen molar-refractivity contribution in [2.75, 3.05) is 19.7 Å².